The Labute approximate surface area is 148 Å². The number of benzene rings is 2. The molecule has 2 aromatic carbocycles. The van der Waals surface area contributed by atoms with E-state index in [4.69, 9.17) is 5.14 Å². The number of primary sulfonamides is 1. The van der Waals surface area contributed by atoms with Crippen LogP contribution in [-0.2, 0) is 27.8 Å². The molecule has 0 unspecified atom stereocenters. The molecule has 7 heteroatoms. The summed E-state index contributed by atoms with van der Waals surface area (Å²) in [6, 6.07) is 16.4. The first-order valence-corrected chi connectivity index (χ1v) is 9.63. The number of hydrogen-bond donors (Lipinski definition) is 3. The predicted octanol–water partition coefficient (Wildman–Crippen LogP) is 1.17. The van der Waals surface area contributed by atoms with Crippen LogP contribution in [0.2, 0.25) is 0 Å². The molecule has 0 aliphatic heterocycles. The smallest absolute Gasteiger partial charge is 0.238 e. The van der Waals surface area contributed by atoms with Crippen molar-refractivity contribution < 1.29 is 13.2 Å². The normalized spacial score (nSPS) is 11.2. The van der Waals surface area contributed by atoms with Crippen molar-refractivity contribution in [3.8, 4) is 0 Å². The molecule has 25 heavy (non-hydrogen) atoms. The molecule has 0 aromatic heterocycles. The van der Waals surface area contributed by atoms with E-state index in [2.05, 4.69) is 10.6 Å². The largest absolute Gasteiger partial charge is 0.356 e. The minimum absolute atomic E-state index is 0.0123. The highest BCUT2D eigenvalue weighted by Gasteiger charge is 2.07. The minimum Gasteiger partial charge on any atom is -0.356 e. The summed E-state index contributed by atoms with van der Waals surface area (Å²) in [6.07, 6.45) is 1.05. The molecule has 0 aliphatic carbocycles. The third-order valence-electron chi connectivity index (χ3n) is 3.69. The van der Waals surface area contributed by atoms with Crippen LogP contribution in [-0.4, -0.2) is 27.4 Å². The lowest BCUT2D eigenvalue weighted by Crippen LogP contribution is -2.29. The molecule has 0 saturated heterocycles. The van der Waals surface area contributed by atoms with Crippen molar-refractivity contribution in [3.05, 3.63) is 65.7 Å². The lowest BCUT2D eigenvalue weighted by molar-refractivity contribution is -0.120. The molecule has 1 amide bonds. The van der Waals surface area contributed by atoms with Crippen molar-refractivity contribution in [2.75, 3.05) is 13.1 Å². The van der Waals surface area contributed by atoms with Gasteiger partial charge in [-0.25, -0.2) is 13.6 Å². The Morgan fingerprint density at radius 3 is 2.24 bits per heavy atom. The molecule has 6 nitrogen and oxygen atoms in total. The Balaban J connectivity index is 1.62. The van der Waals surface area contributed by atoms with Crippen LogP contribution in [0.1, 0.15) is 17.5 Å². The SMILES string of the molecule is NS(=O)(=O)c1ccc(CCNC(=O)CCNCc2ccccc2)cc1. The van der Waals surface area contributed by atoms with Crippen molar-refractivity contribution in [1.29, 1.82) is 0 Å². The fourth-order valence-corrected chi connectivity index (χ4v) is 2.83. The standard InChI is InChI=1S/C18H23N3O3S/c19-25(23,24)17-8-6-15(7-9-17)10-13-21-18(22)11-12-20-14-16-4-2-1-3-5-16/h1-9,20H,10-14H2,(H,21,22)(H2,19,23,24). The highest BCUT2D eigenvalue weighted by molar-refractivity contribution is 7.89. The first kappa shape index (κ1) is 19.1. The van der Waals surface area contributed by atoms with E-state index in [0.717, 1.165) is 12.1 Å². The molecular formula is C18H23N3O3S. The van der Waals surface area contributed by atoms with E-state index < -0.39 is 10.0 Å². The van der Waals surface area contributed by atoms with Gasteiger partial charge in [-0.1, -0.05) is 42.5 Å². The summed E-state index contributed by atoms with van der Waals surface area (Å²) in [7, 11) is -3.66. The van der Waals surface area contributed by atoms with E-state index in [0.29, 0.717) is 25.9 Å². The molecule has 0 fully saturated rings. The molecule has 0 bridgehead atoms. The highest BCUT2D eigenvalue weighted by Crippen LogP contribution is 2.08. The summed E-state index contributed by atoms with van der Waals surface area (Å²) in [4.78, 5) is 11.9. The van der Waals surface area contributed by atoms with Gasteiger partial charge in [0, 0.05) is 26.1 Å². The quantitative estimate of drug-likeness (QED) is 0.584. The first-order valence-electron chi connectivity index (χ1n) is 8.08. The second-order valence-corrected chi connectivity index (χ2v) is 7.26. The van der Waals surface area contributed by atoms with Gasteiger partial charge in [-0.05, 0) is 29.7 Å². The Hall–Kier alpha value is -2.22. The summed E-state index contributed by atoms with van der Waals surface area (Å²) in [5.41, 5.74) is 2.13. The van der Waals surface area contributed by atoms with Crippen LogP contribution in [0.3, 0.4) is 0 Å². The van der Waals surface area contributed by atoms with Gasteiger partial charge in [-0.3, -0.25) is 4.79 Å². The molecule has 0 radical (unpaired) electrons. The molecule has 0 atom stereocenters. The van der Waals surface area contributed by atoms with Gasteiger partial charge in [0.25, 0.3) is 0 Å². The van der Waals surface area contributed by atoms with Crippen molar-refractivity contribution >= 4 is 15.9 Å². The Morgan fingerprint density at radius 1 is 0.920 bits per heavy atom. The summed E-state index contributed by atoms with van der Waals surface area (Å²) in [5.74, 6) is -0.0123. The van der Waals surface area contributed by atoms with E-state index in [1.54, 1.807) is 12.1 Å². The third-order valence-corrected chi connectivity index (χ3v) is 4.62. The van der Waals surface area contributed by atoms with Crippen molar-refractivity contribution in [2.24, 2.45) is 5.14 Å². The number of sulfonamides is 1. The van der Waals surface area contributed by atoms with Gasteiger partial charge in [-0.15, -0.1) is 0 Å². The van der Waals surface area contributed by atoms with Gasteiger partial charge >= 0.3 is 0 Å². The zero-order chi connectivity index (χ0) is 18.1. The highest BCUT2D eigenvalue weighted by atomic mass is 32.2. The average molecular weight is 361 g/mol. The number of nitrogens with one attached hydrogen (secondary N) is 2. The number of carbonyl (C=O) groups excluding carboxylic acids is 1. The van der Waals surface area contributed by atoms with Gasteiger partial charge < -0.3 is 10.6 Å². The molecule has 2 rings (SSSR count). The van der Waals surface area contributed by atoms with Crippen molar-refractivity contribution in [1.82, 2.24) is 10.6 Å². The van der Waals surface area contributed by atoms with Gasteiger partial charge in [0.05, 0.1) is 4.90 Å². The van der Waals surface area contributed by atoms with Crippen LogP contribution in [0, 0.1) is 0 Å². The number of carbonyl (C=O) groups is 1. The van der Waals surface area contributed by atoms with E-state index in [1.165, 1.54) is 17.7 Å². The molecule has 134 valence electrons. The first-order chi connectivity index (χ1) is 11.9. The predicted molar refractivity (Wildman–Crippen MR) is 97.3 cm³/mol. The van der Waals surface area contributed by atoms with Crippen LogP contribution in [0.15, 0.2) is 59.5 Å². The maximum Gasteiger partial charge on any atom is 0.238 e. The summed E-state index contributed by atoms with van der Waals surface area (Å²) in [5, 5.41) is 11.1. The molecule has 0 heterocycles. The molecule has 0 aliphatic rings. The van der Waals surface area contributed by atoms with E-state index in [1.807, 2.05) is 30.3 Å². The van der Waals surface area contributed by atoms with E-state index in [9.17, 15) is 13.2 Å². The number of nitrogens with two attached hydrogens (primary N) is 1. The number of hydrogen-bond acceptors (Lipinski definition) is 4. The maximum absolute atomic E-state index is 11.8. The second kappa shape index (κ2) is 9.31. The average Bonchev–Trinajstić information content (AvgIpc) is 2.59. The summed E-state index contributed by atoms with van der Waals surface area (Å²) < 4.78 is 22.4. The molecule has 0 spiro atoms. The maximum atomic E-state index is 11.8. The van der Waals surface area contributed by atoms with Gasteiger partial charge in [0.2, 0.25) is 15.9 Å². The van der Waals surface area contributed by atoms with Crippen LogP contribution in [0.5, 0.6) is 0 Å². The monoisotopic (exact) mass is 361 g/mol. The lowest BCUT2D eigenvalue weighted by atomic mass is 10.1. The van der Waals surface area contributed by atoms with Crippen molar-refractivity contribution in [3.63, 3.8) is 0 Å². The topological polar surface area (TPSA) is 101 Å². The number of amides is 1. The summed E-state index contributed by atoms with van der Waals surface area (Å²) >= 11 is 0. The fraction of sp³-hybridized carbons (Fsp3) is 0.278. The summed E-state index contributed by atoms with van der Waals surface area (Å²) in [6.45, 7) is 1.86. The third kappa shape index (κ3) is 7.04. The Kier molecular flexibility index (Phi) is 7.12. The van der Waals surface area contributed by atoms with Crippen LogP contribution < -0.4 is 15.8 Å². The molecule has 0 saturated carbocycles. The van der Waals surface area contributed by atoms with Gasteiger partial charge in [-0.2, -0.15) is 0 Å². The fourth-order valence-electron chi connectivity index (χ4n) is 2.31. The van der Waals surface area contributed by atoms with Crippen LogP contribution in [0.25, 0.3) is 0 Å². The van der Waals surface area contributed by atoms with Gasteiger partial charge in [0.1, 0.15) is 0 Å². The van der Waals surface area contributed by atoms with E-state index in [-0.39, 0.29) is 10.8 Å². The Morgan fingerprint density at radius 2 is 1.60 bits per heavy atom. The second-order valence-electron chi connectivity index (χ2n) is 5.70. The van der Waals surface area contributed by atoms with E-state index >= 15 is 0 Å². The van der Waals surface area contributed by atoms with Crippen LogP contribution in [0.4, 0.5) is 0 Å². The molecular weight excluding hydrogens is 338 g/mol. The minimum atomic E-state index is -3.66. The molecule has 2 aromatic rings. The lowest BCUT2D eigenvalue weighted by Gasteiger charge is -2.07. The Bertz CT molecular complexity index is 775. The van der Waals surface area contributed by atoms with Gasteiger partial charge in [0.15, 0.2) is 0 Å². The van der Waals surface area contributed by atoms with Crippen LogP contribution >= 0.6 is 0 Å². The zero-order valence-corrected chi connectivity index (χ0v) is 14.8. The van der Waals surface area contributed by atoms with Crippen molar-refractivity contribution in [2.45, 2.75) is 24.3 Å². The zero-order valence-electron chi connectivity index (χ0n) is 13.9. The number of rotatable bonds is 9. The molecule has 4 N–H and O–H groups in total.